The summed E-state index contributed by atoms with van der Waals surface area (Å²) in [5.74, 6) is 1.44. The lowest BCUT2D eigenvalue weighted by molar-refractivity contribution is 0.482. The van der Waals surface area contributed by atoms with Crippen molar-refractivity contribution in [3.05, 3.63) is 58.1 Å². The Hall–Kier alpha value is -1.51. The summed E-state index contributed by atoms with van der Waals surface area (Å²) in [6, 6.07) is 11.6. The van der Waals surface area contributed by atoms with Crippen molar-refractivity contribution in [3.63, 3.8) is 0 Å². The molecule has 1 atom stereocenters. The van der Waals surface area contributed by atoms with Gasteiger partial charge in [-0.05, 0) is 61.7 Å². The molecule has 0 unspecified atom stereocenters. The van der Waals surface area contributed by atoms with Crippen LogP contribution >= 0.6 is 11.6 Å². The van der Waals surface area contributed by atoms with Gasteiger partial charge >= 0.3 is 0 Å². The highest BCUT2D eigenvalue weighted by Crippen LogP contribution is 2.31. The Kier molecular flexibility index (Phi) is 4.13. The van der Waals surface area contributed by atoms with Crippen LogP contribution in [0.2, 0.25) is 5.02 Å². The number of rotatable bonds is 3. The van der Waals surface area contributed by atoms with Crippen LogP contribution in [0.25, 0.3) is 0 Å². The summed E-state index contributed by atoms with van der Waals surface area (Å²) in [4.78, 5) is 0. The first-order valence-electron chi connectivity index (χ1n) is 6.27. The quantitative estimate of drug-likeness (QED) is 0.876. The van der Waals surface area contributed by atoms with E-state index in [1.165, 1.54) is 11.1 Å². The molecule has 0 aromatic heterocycles. The molecule has 0 spiro atoms. The second-order valence-electron chi connectivity index (χ2n) is 4.83. The van der Waals surface area contributed by atoms with Crippen molar-refractivity contribution < 1.29 is 4.74 Å². The first-order valence-corrected chi connectivity index (χ1v) is 6.65. The fourth-order valence-corrected chi connectivity index (χ4v) is 2.02. The molecule has 0 amide bonds. The molecule has 0 fully saturated rings. The molecule has 2 N–H and O–H groups in total. The highest BCUT2D eigenvalue weighted by atomic mass is 35.5. The molecule has 0 saturated heterocycles. The maximum Gasteiger partial charge on any atom is 0.146 e. The Balaban J connectivity index is 2.25. The lowest BCUT2D eigenvalue weighted by Crippen LogP contribution is -2.04. The molecule has 19 heavy (non-hydrogen) atoms. The summed E-state index contributed by atoms with van der Waals surface area (Å²) in [7, 11) is 0. The third-order valence-corrected chi connectivity index (χ3v) is 3.48. The van der Waals surface area contributed by atoms with E-state index in [9.17, 15) is 0 Å². The summed E-state index contributed by atoms with van der Waals surface area (Å²) in [5, 5.41) is 0.577. The van der Waals surface area contributed by atoms with E-state index in [1.807, 2.05) is 43.3 Å². The predicted molar refractivity (Wildman–Crippen MR) is 80.0 cm³/mol. The lowest BCUT2D eigenvalue weighted by Gasteiger charge is -2.12. The van der Waals surface area contributed by atoms with Crippen LogP contribution in [0.3, 0.4) is 0 Å². The van der Waals surface area contributed by atoms with Crippen molar-refractivity contribution >= 4 is 11.6 Å². The van der Waals surface area contributed by atoms with Crippen LogP contribution in [0.15, 0.2) is 36.4 Å². The SMILES string of the molecule is Cc1ccc(Oc2ccc([C@H](C)N)cc2Cl)cc1C. The molecular formula is C16H18ClNO. The zero-order valence-corrected chi connectivity index (χ0v) is 12.2. The molecule has 0 aliphatic carbocycles. The number of hydrogen-bond donors (Lipinski definition) is 1. The first kappa shape index (κ1) is 13.9. The zero-order valence-electron chi connectivity index (χ0n) is 11.4. The number of benzene rings is 2. The average Bonchev–Trinajstić information content (AvgIpc) is 2.36. The van der Waals surface area contributed by atoms with E-state index in [2.05, 4.69) is 13.8 Å². The highest BCUT2D eigenvalue weighted by Gasteiger charge is 2.07. The Morgan fingerprint density at radius 2 is 1.79 bits per heavy atom. The summed E-state index contributed by atoms with van der Waals surface area (Å²) >= 11 is 6.21. The topological polar surface area (TPSA) is 35.2 Å². The van der Waals surface area contributed by atoms with Gasteiger partial charge in [-0.1, -0.05) is 23.7 Å². The molecule has 2 aromatic carbocycles. The maximum absolute atomic E-state index is 6.21. The fraction of sp³-hybridized carbons (Fsp3) is 0.250. The molecule has 3 heteroatoms. The second kappa shape index (κ2) is 5.64. The second-order valence-corrected chi connectivity index (χ2v) is 5.23. The third-order valence-electron chi connectivity index (χ3n) is 3.19. The fourth-order valence-electron chi connectivity index (χ4n) is 1.79. The molecule has 0 radical (unpaired) electrons. The van der Waals surface area contributed by atoms with Crippen LogP contribution in [-0.4, -0.2) is 0 Å². The summed E-state index contributed by atoms with van der Waals surface area (Å²) in [6.45, 7) is 6.06. The normalized spacial score (nSPS) is 12.3. The van der Waals surface area contributed by atoms with E-state index >= 15 is 0 Å². The van der Waals surface area contributed by atoms with Gasteiger partial charge in [0.15, 0.2) is 0 Å². The Bertz CT molecular complexity index is 593. The van der Waals surface area contributed by atoms with Crippen molar-refractivity contribution in [1.29, 1.82) is 0 Å². The number of aryl methyl sites for hydroxylation is 2. The van der Waals surface area contributed by atoms with Gasteiger partial charge in [0.1, 0.15) is 11.5 Å². The third kappa shape index (κ3) is 3.28. The van der Waals surface area contributed by atoms with Gasteiger partial charge in [-0.25, -0.2) is 0 Å². The largest absolute Gasteiger partial charge is 0.456 e. The minimum Gasteiger partial charge on any atom is -0.456 e. The van der Waals surface area contributed by atoms with Gasteiger partial charge < -0.3 is 10.5 Å². The first-order chi connectivity index (χ1) is 8.97. The molecule has 2 nitrogen and oxygen atoms in total. The van der Waals surface area contributed by atoms with Crippen molar-refractivity contribution in [2.24, 2.45) is 5.73 Å². The molecule has 0 aliphatic rings. The van der Waals surface area contributed by atoms with E-state index < -0.39 is 0 Å². The molecule has 0 saturated carbocycles. The summed E-state index contributed by atoms with van der Waals surface area (Å²) < 4.78 is 5.81. The van der Waals surface area contributed by atoms with Gasteiger partial charge in [-0.3, -0.25) is 0 Å². The van der Waals surface area contributed by atoms with E-state index in [-0.39, 0.29) is 6.04 Å². The molecule has 0 aliphatic heterocycles. The van der Waals surface area contributed by atoms with Gasteiger partial charge in [-0.15, -0.1) is 0 Å². The Morgan fingerprint density at radius 1 is 1.05 bits per heavy atom. The van der Waals surface area contributed by atoms with Gasteiger partial charge in [0, 0.05) is 6.04 Å². The zero-order chi connectivity index (χ0) is 14.0. The van der Waals surface area contributed by atoms with Crippen LogP contribution in [-0.2, 0) is 0 Å². The molecule has 0 bridgehead atoms. The van der Waals surface area contributed by atoms with Gasteiger partial charge in [-0.2, -0.15) is 0 Å². The molecule has 2 rings (SSSR count). The molecule has 0 heterocycles. The van der Waals surface area contributed by atoms with E-state index in [4.69, 9.17) is 22.1 Å². The Morgan fingerprint density at radius 3 is 2.37 bits per heavy atom. The summed E-state index contributed by atoms with van der Waals surface area (Å²) in [5.41, 5.74) is 9.26. The minimum atomic E-state index is -0.0341. The van der Waals surface area contributed by atoms with E-state index in [0.29, 0.717) is 10.8 Å². The van der Waals surface area contributed by atoms with Crippen molar-refractivity contribution in [2.75, 3.05) is 0 Å². The lowest BCUT2D eigenvalue weighted by atomic mass is 10.1. The molecule has 100 valence electrons. The smallest absolute Gasteiger partial charge is 0.146 e. The molecule has 2 aromatic rings. The Labute approximate surface area is 119 Å². The standard InChI is InChI=1S/C16H18ClNO/c1-10-4-6-14(8-11(10)2)19-16-7-5-13(12(3)18)9-15(16)17/h4-9,12H,18H2,1-3H3/t12-/m0/s1. The maximum atomic E-state index is 6.21. The summed E-state index contributed by atoms with van der Waals surface area (Å²) in [6.07, 6.45) is 0. The van der Waals surface area contributed by atoms with Crippen LogP contribution < -0.4 is 10.5 Å². The average molecular weight is 276 g/mol. The van der Waals surface area contributed by atoms with Crippen LogP contribution in [0.5, 0.6) is 11.5 Å². The predicted octanol–water partition coefficient (Wildman–Crippen LogP) is 4.77. The minimum absolute atomic E-state index is 0.0341. The number of halogens is 1. The van der Waals surface area contributed by atoms with Crippen molar-refractivity contribution in [2.45, 2.75) is 26.8 Å². The van der Waals surface area contributed by atoms with E-state index in [1.54, 1.807) is 0 Å². The van der Waals surface area contributed by atoms with Crippen molar-refractivity contribution in [3.8, 4) is 11.5 Å². The number of hydrogen-bond acceptors (Lipinski definition) is 2. The van der Waals surface area contributed by atoms with Crippen LogP contribution in [0.1, 0.15) is 29.7 Å². The number of ether oxygens (including phenoxy) is 1. The highest BCUT2D eigenvalue weighted by molar-refractivity contribution is 6.32. The van der Waals surface area contributed by atoms with Gasteiger partial charge in [0.25, 0.3) is 0 Å². The van der Waals surface area contributed by atoms with Gasteiger partial charge in [0.2, 0.25) is 0 Å². The van der Waals surface area contributed by atoms with Crippen LogP contribution in [0, 0.1) is 13.8 Å². The number of nitrogens with two attached hydrogens (primary N) is 1. The van der Waals surface area contributed by atoms with Crippen LogP contribution in [0.4, 0.5) is 0 Å². The van der Waals surface area contributed by atoms with Crippen molar-refractivity contribution in [1.82, 2.24) is 0 Å². The monoisotopic (exact) mass is 275 g/mol. The van der Waals surface area contributed by atoms with Gasteiger partial charge in [0.05, 0.1) is 5.02 Å². The van der Waals surface area contributed by atoms with E-state index in [0.717, 1.165) is 11.3 Å². The molecular weight excluding hydrogens is 258 g/mol.